The Hall–Kier alpha value is -1.18. The number of methoxy groups -OCH3 is 1. The van der Waals surface area contributed by atoms with Crippen LogP contribution in [0.4, 0.5) is 0 Å². The number of hydrogen-bond acceptors (Lipinski definition) is 5. The number of amides is 2. The highest BCUT2D eigenvalue weighted by Gasteiger charge is 2.41. The quantitative estimate of drug-likeness (QED) is 0.659. The maximum atomic E-state index is 11.8. The number of ether oxygens (including phenoxy) is 2. The van der Waals surface area contributed by atoms with Gasteiger partial charge in [0.2, 0.25) is 11.8 Å². The fraction of sp³-hybridized carbons (Fsp3) is 0.833. The lowest BCUT2D eigenvalue weighted by Gasteiger charge is -2.35. The maximum Gasteiger partial charge on any atom is 0.248 e. The molecular weight excluding hydrogens is 250 g/mol. The van der Waals surface area contributed by atoms with Crippen molar-refractivity contribution in [1.82, 2.24) is 15.1 Å². The van der Waals surface area contributed by atoms with Crippen LogP contribution in [-0.4, -0.2) is 87.3 Å². The van der Waals surface area contributed by atoms with Gasteiger partial charge in [0.05, 0.1) is 25.3 Å². The van der Waals surface area contributed by atoms with E-state index in [0.717, 1.165) is 6.54 Å². The van der Waals surface area contributed by atoms with Crippen molar-refractivity contribution in [1.29, 1.82) is 0 Å². The maximum absolute atomic E-state index is 11.8. The first-order valence-electron chi connectivity index (χ1n) is 6.48. The van der Waals surface area contributed by atoms with Gasteiger partial charge in [-0.25, -0.2) is 0 Å². The van der Waals surface area contributed by atoms with Crippen molar-refractivity contribution in [2.75, 3.05) is 53.6 Å². The molecule has 0 unspecified atom stereocenters. The predicted octanol–water partition coefficient (Wildman–Crippen LogP) is -1.71. The Morgan fingerprint density at radius 1 is 1.42 bits per heavy atom. The van der Waals surface area contributed by atoms with Gasteiger partial charge in [0.15, 0.2) is 0 Å². The Bertz CT molecular complexity index is 350. The van der Waals surface area contributed by atoms with E-state index >= 15 is 0 Å². The van der Waals surface area contributed by atoms with E-state index in [-0.39, 0.29) is 30.6 Å². The molecule has 2 saturated heterocycles. The molecule has 2 heterocycles. The lowest BCUT2D eigenvalue weighted by molar-refractivity contribution is -0.134. The Kier molecular flexibility index (Phi) is 4.73. The number of nitrogens with zero attached hydrogens (tertiary/aromatic N) is 2. The van der Waals surface area contributed by atoms with Gasteiger partial charge >= 0.3 is 0 Å². The molecule has 0 radical (unpaired) electrons. The van der Waals surface area contributed by atoms with E-state index in [4.69, 9.17) is 9.47 Å². The number of morpholine rings is 1. The standard InChI is InChI=1S/C12H21N3O4/c1-13-11(16)7-14-3-4-19-10-6-15(5-9(10)14)12(17)8-18-2/h9-10H,3-8H2,1-2H3,(H,13,16)/t9-,10-/m0/s1. The third-order valence-corrected chi connectivity index (χ3v) is 3.66. The largest absolute Gasteiger partial charge is 0.375 e. The molecule has 2 fully saturated rings. The van der Waals surface area contributed by atoms with E-state index in [1.807, 2.05) is 0 Å². The molecule has 2 aliphatic heterocycles. The molecule has 19 heavy (non-hydrogen) atoms. The van der Waals surface area contributed by atoms with Crippen LogP contribution in [-0.2, 0) is 19.1 Å². The van der Waals surface area contributed by atoms with Gasteiger partial charge in [-0.05, 0) is 0 Å². The Morgan fingerprint density at radius 3 is 2.89 bits per heavy atom. The van der Waals surface area contributed by atoms with Crippen LogP contribution >= 0.6 is 0 Å². The molecule has 2 aliphatic rings. The molecule has 0 bridgehead atoms. The molecule has 108 valence electrons. The monoisotopic (exact) mass is 271 g/mol. The number of likely N-dealkylation sites (N-methyl/N-ethyl adjacent to an activating group) is 1. The number of rotatable bonds is 4. The Balaban J connectivity index is 1.96. The fourth-order valence-corrected chi connectivity index (χ4v) is 2.64. The van der Waals surface area contributed by atoms with E-state index in [0.29, 0.717) is 26.2 Å². The van der Waals surface area contributed by atoms with E-state index in [2.05, 4.69) is 10.2 Å². The molecule has 7 nitrogen and oxygen atoms in total. The summed E-state index contributed by atoms with van der Waals surface area (Å²) in [6, 6.07) is 0.104. The summed E-state index contributed by atoms with van der Waals surface area (Å²) in [5.41, 5.74) is 0. The molecule has 0 aromatic heterocycles. The van der Waals surface area contributed by atoms with Gasteiger partial charge < -0.3 is 19.7 Å². The van der Waals surface area contributed by atoms with Gasteiger partial charge in [-0.2, -0.15) is 0 Å². The Morgan fingerprint density at radius 2 is 2.21 bits per heavy atom. The fourth-order valence-electron chi connectivity index (χ4n) is 2.64. The average Bonchev–Trinajstić information content (AvgIpc) is 2.84. The molecule has 2 atom stereocenters. The summed E-state index contributed by atoms with van der Waals surface area (Å²) in [6.45, 7) is 2.95. The molecule has 7 heteroatoms. The van der Waals surface area contributed by atoms with Gasteiger partial charge in [0.1, 0.15) is 6.61 Å². The van der Waals surface area contributed by atoms with E-state index in [1.54, 1.807) is 11.9 Å². The number of hydrogen-bond donors (Lipinski definition) is 1. The van der Waals surface area contributed by atoms with Crippen molar-refractivity contribution in [3.05, 3.63) is 0 Å². The van der Waals surface area contributed by atoms with Crippen molar-refractivity contribution in [2.45, 2.75) is 12.1 Å². The zero-order valence-electron chi connectivity index (χ0n) is 11.4. The zero-order chi connectivity index (χ0) is 13.8. The van der Waals surface area contributed by atoms with Crippen molar-refractivity contribution >= 4 is 11.8 Å². The molecule has 2 amide bonds. The minimum absolute atomic E-state index is 0.000729. The highest BCUT2D eigenvalue weighted by molar-refractivity contribution is 5.78. The van der Waals surface area contributed by atoms with Crippen molar-refractivity contribution in [3.63, 3.8) is 0 Å². The van der Waals surface area contributed by atoms with Gasteiger partial charge in [0, 0.05) is 33.8 Å². The molecule has 0 saturated carbocycles. The highest BCUT2D eigenvalue weighted by atomic mass is 16.5. The highest BCUT2D eigenvalue weighted by Crippen LogP contribution is 2.22. The second kappa shape index (κ2) is 6.31. The van der Waals surface area contributed by atoms with Crippen LogP contribution in [0.15, 0.2) is 0 Å². The lowest BCUT2D eigenvalue weighted by Crippen LogP contribution is -2.53. The zero-order valence-corrected chi connectivity index (χ0v) is 11.4. The van der Waals surface area contributed by atoms with E-state index in [1.165, 1.54) is 7.11 Å². The summed E-state index contributed by atoms with van der Waals surface area (Å²) in [5, 5.41) is 2.62. The van der Waals surface area contributed by atoms with Crippen LogP contribution in [0.3, 0.4) is 0 Å². The van der Waals surface area contributed by atoms with E-state index in [9.17, 15) is 9.59 Å². The molecular formula is C12H21N3O4. The summed E-state index contributed by atoms with van der Waals surface area (Å²) < 4.78 is 10.6. The van der Waals surface area contributed by atoms with Crippen LogP contribution < -0.4 is 5.32 Å². The first-order chi connectivity index (χ1) is 9.15. The van der Waals surface area contributed by atoms with Crippen LogP contribution in [0.2, 0.25) is 0 Å². The number of carbonyl (C=O) groups excluding carboxylic acids is 2. The van der Waals surface area contributed by atoms with Crippen molar-refractivity contribution in [2.24, 2.45) is 0 Å². The third-order valence-electron chi connectivity index (χ3n) is 3.66. The van der Waals surface area contributed by atoms with Crippen LogP contribution in [0.25, 0.3) is 0 Å². The minimum atomic E-state index is -0.0274. The molecule has 0 spiro atoms. The van der Waals surface area contributed by atoms with Gasteiger partial charge in [-0.3, -0.25) is 14.5 Å². The van der Waals surface area contributed by atoms with Crippen molar-refractivity contribution < 1.29 is 19.1 Å². The second-order valence-corrected chi connectivity index (χ2v) is 4.85. The third kappa shape index (κ3) is 3.23. The summed E-state index contributed by atoms with van der Waals surface area (Å²) in [4.78, 5) is 27.2. The van der Waals surface area contributed by atoms with Gasteiger partial charge in [0.25, 0.3) is 0 Å². The number of likely N-dealkylation sites (tertiary alicyclic amines) is 1. The smallest absolute Gasteiger partial charge is 0.248 e. The minimum Gasteiger partial charge on any atom is -0.375 e. The van der Waals surface area contributed by atoms with Crippen LogP contribution in [0, 0.1) is 0 Å². The molecule has 0 aromatic carbocycles. The topological polar surface area (TPSA) is 71.1 Å². The number of carbonyl (C=O) groups is 2. The number of nitrogens with one attached hydrogen (secondary N) is 1. The summed E-state index contributed by atoms with van der Waals surface area (Å²) in [6.07, 6.45) is -0.000729. The van der Waals surface area contributed by atoms with Gasteiger partial charge in [-0.1, -0.05) is 0 Å². The van der Waals surface area contributed by atoms with E-state index < -0.39 is 0 Å². The second-order valence-electron chi connectivity index (χ2n) is 4.85. The summed E-state index contributed by atoms with van der Waals surface area (Å²) in [7, 11) is 3.14. The predicted molar refractivity (Wildman–Crippen MR) is 67.6 cm³/mol. The number of fused-ring (bicyclic) bond motifs is 1. The first-order valence-corrected chi connectivity index (χ1v) is 6.48. The molecule has 0 aliphatic carbocycles. The van der Waals surface area contributed by atoms with Crippen LogP contribution in [0.1, 0.15) is 0 Å². The molecule has 0 aromatic rings. The Labute approximate surface area is 112 Å². The molecule has 2 rings (SSSR count). The normalized spacial score (nSPS) is 27.2. The van der Waals surface area contributed by atoms with Crippen molar-refractivity contribution in [3.8, 4) is 0 Å². The average molecular weight is 271 g/mol. The summed E-state index contributed by atoms with van der Waals surface area (Å²) >= 11 is 0. The first kappa shape index (κ1) is 14.2. The summed E-state index contributed by atoms with van der Waals surface area (Å²) in [5.74, 6) is -0.0392. The molecule has 1 N–H and O–H groups in total. The van der Waals surface area contributed by atoms with Gasteiger partial charge in [-0.15, -0.1) is 0 Å². The van der Waals surface area contributed by atoms with Crippen LogP contribution in [0.5, 0.6) is 0 Å². The lowest BCUT2D eigenvalue weighted by atomic mass is 10.1. The SMILES string of the molecule is CNC(=O)CN1CCO[C@H]2CN(C(=O)COC)C[C@@H]21.